The van der Waals surface area contributed by atoms with Gasteiger partial charge in [-0.05, 0) is 54.3 Å². The number of fused-ring (bicyclic) bond motifs is 1. The first-order valence-corrected chi connectivity index (χ1v) is 14.3. The van der Waals surface area contributed by atoms with Gasteiger partial charge in [-0.15, -0.1) is 0 Å². The van der Waals surface area contributed by atoms with Crippen molar-refractivity contribution in [3.8, 4) is 5.75 Å². The zero-order valence-electron chi connectivity index (χ0n) is 22.5. The van der Waals surface area contributed by atoms with Gasteiger partial charge in [-0.1, -0.05) is 91.4 Å². The maximum atomic E-state index is 13.9. The first kappa shape index (κ1) is 27.6. The lowest BCUT2D eigenvalue weighted by molar-refractivity contribution is -0.138. The molecule has 0 saturated heterocycles. The van der Waals surface area contributed by atoms with E-state index in [1.807, 2.05) is 72.8 Å². The highest BCUT2D eigenvalue weighted by molar-refractivity contribution is 7.07. The summed E-state index contributed by atoms with van der Waals surface area (Å²) in [5.41, 5.74) is 2.91. The summed E-state index contributed by atoms with van der Waals surface area (Å²) < 4.78 is 13.4. The van der Waals surface area contributed by atoms with Gasteiger partial charge in [-0.2, -0.15) is 0 Å². The minimum atomic E-state index is -0.739. The first-order chi connectivity index (χ1) is 19.4. The van der Waals surface area contributed by atoms with Gasteiger partial charge in [0.15, 0.2) is 4.80 Å². The van der Waals surface area contributed by atoms with Crippen LogP contribution in [0.25, 0.3) is 11.8 Å². The van der Waals surface area contributed by atoms with Crippen LogP contribution in [-0.4, -0.2) is 23.8 Å². The van der Waals surface area contributed by atoms with Gasteiger partial charge in [0.2, 0.25) is 0 Å². The van der Waals surface area contributed by atoms with Gasteiger partial charge in [-0.3, -0.25) is 9.36 Å². The van der Waals surface area contributed by atoms with Crippen LogP contribution in [0.2, 0.25) is 5.02 Å². The molecule has 1 aliphatic heterocycles. The Hall–Kier alpha value is -3.94. The van der Waals surface area contributed by atoms with E-state index < -0.39 is 12.0 Å². The molecule has 5 rings (SSSR count). The van der Waals surface area contributed by atoms with Crippen molar-refractivity contribution >= 4 is 40.7 Å². The molecule has 0 saturated carbocycles. The second-order valence-corrected chi connectivity index (χ2v) is 11.2. The summed E-state index contributed by atoms with van der Waals surface area (Å²) in [5, 5.41) is 0.557. The number of thiazole rings is 1. The van der Waals surface area contributed by atoms with Crippen LogP contribution in [0.4, 0.5) is 0 Å². The number of halogens is 1. The van der Waals surface area contributed by atoms with E-state index in [4.69, 9.17) is 26.1 Å². The molecule has 0 unspecified atom stereocenters. The van der Waals surface area contributed by atoms with Crippen LogP contribution in [0, 0.1) is 5.92 Å². The third kappa shape index (κ3) is 5.81. The van der Waals surface area contributed by atoms with Crippen molar-refractivity contribution in [2.75, 3.05) is 13.2 Å². The van der Waals surface area contributed by atoms with Gasteiger partial charge in [0.1, 0.15) is 5.75 Å². The smallest absolute Gasteiger partial charge is 0.338 e. The predicted octanol–water partition coefficient (Wildman–Crippen LogP) is 5.62. The molecular weight excluding hydrogens is 544 g/mol. The van der Waals surface area contributed by atoms with E-state index in [1.165, 1.54) is 11.3 Å². The van der Waals surface area contributed by atoms with E-state index >= 15 is 0 Å². The number of ether oxygens (including phenoxy) is 2. The first-order valence-electron chi connectivity index (χ1n) is 13.1. The number of aromatic nitrogens is 1. The number of nitrogens with zero attached hydrogens (tertiary/aromatic N) is 2. The number of hydrogen-bond acceptors (Lipinski definition) is 6. The number of benzene rings is 3. The van der Waals surface area contributed by atoms with Crippen molar-refractivity contribution in [2.24, 2.45) is 10.9 Å². The van der Waals surface area contributed by atoms with Crippen molar-refractivity contribution in [3.05, 3.63) is 126 Å². The Morgan fingerprint density at radius 1 is 1.05 bits per heavy atom. The van der Waals surface area contributed by atoms with Crippen LogP contribution in [0.3, 0.4) is 0 Å². The molecular formula is C32H29ClN2O4S. The Morgan fingerprint density at radius 3 is 2.40 bits per heavy atom. The van der Waals surface area contributed by atoms with Gasteiger partial charge >= 0.3 is 5.97 Å². The minimum Gasteiger partial charge on any atom is -0.493 e. The van der Waals surface area contributed by atoms with Crippen LogP contribution < -0.4 is 19.6 Å². The molecule has 1 atom stereocenters. The van der Waals surface area contributed by atoms with E-state index in [2.05, 4.69) is 13.8 Å². The molecule has 0 aliphatic carbocycles. The normalized spacial score (nSPS) is 15.1. The Bertz CT molecular complexity index is 1720. The number of carbonyl (C=O) groups is 1. The molecule has 0 fully saturated rings. The standard InChI is InChI=1S/C32H29ClN2O4S/c1-4-38-31(37)27-28(22-8-6-5-7-9-22)34-32-35(29(27)23-12-14-24(33)15-13-23)30(36)26(40-32)18-21-10-16-25(17-11-21)39-19-20(2)3/h5-18,20,29H,4,19H2,1-3H3/b26-18+/t29-/m0/s1. The lowest BCUT2D eigenvalue weighted by Gasteiger charge is -2.25. The summed E-state index contributed by atoms with van der Waals surface area (Å²) in [6, 6.07) is 23.5. The lowest BCUT2D eigenvalue weighted by atomic mass is 9.93. The second-order valence-electron chi connectivity index (χ2n) is 9.76. The van der Waals surface area contributed by atoms with Gasteiger partial charge in [0.05, 0.1) is 35.1 Å². The van der Waals surface area contributed by atoms with Crippen molar-refractivity contribution in [1.29, 1.82) is 0 Å². The van der Waals surface area contributed by atoms with Crippen LogP contribution in [0.15, 0.2) is 94.2 Å². The van der Waals surface area contributed by atoms with Crippen LogP contribution in [0.1, 0.15) is 43.5 Å². The summed E-state index contributed by atoms with van der Waals surface area (Å²) in [6.07, 6.45) is 1.84. The van der Waals surface area contributed by atoms with E-state index in [9.17, 15) is 9.59 Å². The molecule has 3 aromatic carbocycles. The molecule has 6 nitrogen and oxygen atoms in total. The highest BCUT2D eigenvalue weighted by Gasteiger charge is 2.35. The molecule has 40 heavy (non-hydrogen) atoms. The molecule has 1 aromatic heterocycles. The average Bonchev–Trinajstić information content (AvgIpc) is 3.27. The van der Waals surface area contributed by atoms with Gasteiger partial charge in [-0.25, -0.2) is 9.79 Å². The Labute approximate surface area is 241 Å². The summed E-state index contributed by atoms with van der Waals surface area (Å²) in [5.74, 6) is 0.688. The van der Waals surface area contributed by atoms with Crippen LogP contribution >= 0.6 is 22.9 Å². The molecule has 0 amide bonds. The van der Waals surface area contributed by atoms with E-state index in [-0.39, 0.29) is 12.2 Å². The second kappa shape index (κ2) is 12.1. The molecule has 8 heteroatoms. The molecule has 2 heterocycles. The minimum absolute atomic E-state index is 0.193. The van der Waals surface area contributed by atoms with Crippen molar-refractivity contribution < 1.29 is 14.3 Å². The third-order valence-electron chi connectivity index (χ3n) is 6.32. The zero-order valence-corrected chi connectivity index (χ0v) is 24.0. The number of esters is 1. The third-order valence-corrected chi connectivity index (χ3v) is 7.56. The maximum Gasteiger partial charge on any atom is 0.338 e. The van der Waals surface area contributed by atoms with E-state index in [0.717, 1.165) is 22.4 Å². The Kier molecular flexibility index (Phi) is 8.33. The highest BCUT2D eigenvalue weighted by atomic mass is 35.5. The maximum absolute atomic E-state index is 13.9. The molecule has 0 spiro atoms. The topological polar surface area (TPSA) is 69.9 Å². The SMILES string of the molecule is CCOC(=O)C1=C(c2ccccc2)N=c2s/c(=C/c3ccc(OCC(C)C)cc3)c(=O)n2[C@H]1c1ccc(Cl)cc1. The lowest BCUT2D eigenvalue weighted by Crippen LogP contribution is -2.40. The molecule has 0 radical (unpaired) electrons. The van der Waals surface area contributed by atoms with Crippen molar-refractivity contribution in [2.45, 2.75) is 26.8 Å². The largest absolute Gasteiger partial charge is 0.493 e. The number of hydrogen-bond donors (Lipinski definition) is 0. The predicted molar refractivity (Wildman–Crippen MR) is 159 cm³/mol. The molecule has 1 aliphatic rings. The highest BCUT2D eigenvalue weighted by Crippen LogP contribution is 2.35. The summed E-state index contributed by atoms with van der Waals surface area (Å²) >= 11 is 7.48. The quantitative estimate of drug-likeness (QED) is 0.257. The van der Waals surface area contributed by atoms with Gasteiger partial charge in [0.25, 0.3) is 5.56 Å². The van der Waals surface area contributed by atoms with Gasteiger partial charge < -0.3 is 9.47 Å². The van der Waals surface area contributed by atoms with Crippen LogP contribution in [-0.2, 0) is 9.53 Å². The van der Waals surface area contributed by atoms with E-state index in [1.54, 1.807) is 23.6 Å². The molecule has 0 N–H and O–H groups in total. The fourth-order valence-corrected chi connectivity index (χ4v) is 5.60. The molecule has 4 aromatic rings. The van der Waals surface area contributed by atoms with Crippen molar-refractivity contribution in [1.82, 2.24) is 4.57 Å². The monoisotopic (exact) mass is 572 g/mol. The summed E-state index contributed by atoms with van der Waals surface area (Å²) in [6.45, 7) is 6.78. The summed E-state index contributed by atoms with van der Waals surface area (Å²) in [7, 11) is 0. The number of rotatable bonds is 8. The van der Waals surface area contributed by atoms with Crippen molar-refractivity contribution in [3.63, 3.8) is 0 Å². The fourth-order valence-electron chi connectivity index (χ4n) is 4.48. The summed E-state index contributed by atoms with van der Waals surface area (Å²) in [4.78, 5) is 32.8. The average molecular weight is 573 g/mol. The zero-order chi connectivity index (χ0) is 28.2. The van der Waals surface area contributed by atoms with Crippen LogP contribution in [0.5, 0.6) is 5.75 Å². The Morgan fingerprint density at radius 2 is 1.75 bits per heavy atom. The molecule has 204 valence electrons. The van der Waals surface area contributed by atoms with E-state index in [0.29, 0.717) is 38.2 Å². The number of carbonyl (C=O) groups excluding carboxylic acids is 1. The van der Waals surface area contributed by atoms with Gasteiger partial charge in [0, 0.05) is 10.6 Å². The molecule has 0 bridgehead atoms. The fraction of sp³-hybridized carbons (Fsp3) is 0.219. The Balaban J connectivity index is 1.70.